The average Bonchev–Trinajstić information content (AvgIpc) is 2.83. The Hall–Kier alpha value is -2.21. The van der Waals surface area contributed by atoms with E-state index in [4.69, 9.17) is 22.5 Å². The van der Waals surface area contributed by atoms with Crippen LogP contribution < -0.4 is 10.6 Å². The molecular weight excluding hydrogens is 278 g/mol. The third-order valence-corrected chi connectivity index (χ3v) is 3.29. The molecule has 1 heterocycles. The van der Waals surface area contributed by atoms with Crippen molar-refractivity contribution in [3.63, 3.8) is 0 Å². The molecule has 0 atom stereocenters. The van der Waals surface area contributed by atoms with Crippen LogP contribution in [0.1, 0.15) is 11.4 Å². The van der Waals surface area contributed by atoms with Crippen molar-refractivity contribution < 1.29 is 5.21 Å². The molecule has 0 radical (unpaired) electrons. The van der Waals surface area contributed by atoms with E-state index in [1.54, 1.807) is 18.3 Å². The van der Waals surface area contributed by atoms with E-state index in [9.17, 15) is 0 Å². The molecule has 0 spiro atoms. The van der Waals surface area contributed by atoms with Crippen LogP contribution in [0.2, 0.25) is 5.02 Å². The summed E-state index contributed by atoms with van der Waals surface area (Å²) < 4.78 is 1.94. The lowest BCUT2D eigenvalue weighted by molar-refractivity contribution is 0.318. The summed E-state index contributed by atoms with van der Waals surface area (Å²) in [5.74, 6) is 0.932. The van der Waals surface area contributed by atoms with Crippen molar-refractivity contribution in [2.24, 2.45) is 17.9 Å². The Morgan fingerprint density at radius 1 is 1.55 bits per heavy atom. The van der Waals surface area contributed by atoms with Crippen LogP contribution in [0.4, 0.5) is 5.69 Å². The van der Waals surface area contributed by atoms with Gasteiger partial charge in [-0.2, -0.15) is 0 Å². The van der Waals surface area contributed by atoms with Crippen molar-refractivity contribution in [1.29, 1.82) is 0 Å². The Labute approximate surface area is 122 Å². The van der Waals surface area contributed by atoms with Crippen LogP contribution in [-0.4, -0.2) is 27.6 Å². The van der Waals surface area contributed by atoms with Crippen LogP contribution >= 0.6 is 11.6 Å². The first-order valence-electron chi connectivity index (χ1n) is 5.97. The Kier molecular flexibility index (Phi) is 4.14. The molecular formula is C13H16ClN5O. The molecule has 2 aromatic rings. The van der Waals surface area contributed by atoms with Crippen molar-refractivity contribution in [2.75, 3.05) is 11.9 Å². The fraction of sp³-hybridized carbons (Fsp3) is 0.231. The first-order valence-corrected chi connectivity index (χ1v) is 6.35. The Balaban J connectivity index is 2.34. The standard InChI is InChI=1S/C13H16ClN5O/c1-18-6-5-16-12(18)8-19(2)11-4-3-9(14)7-10(11)13(15)17-20/h3-7,20H,8H2,1-2H3,(H2,15,17). The first-order chi connectivity index (χ1) is 9.52. The maximum Gasteiger partial charge on any atom is 0.172 e. The van der Waals surface area contributed by atoms with E-state index < -0.39 is 0 Å². The Morgan fingerprint density at radius 2 is 2.30 bits per heavy atom. The van der Waals surface area contributed by atoms with Gasteiger partial charge in [0, 0.05) is 42.8 Å². The van der Waals surface area contributed by atoms with Crippen LogP contribution in [-0.2, 0) is 13.6 Å². The van der Waals surface area contributed by atoms with Crippen molar-refractivity contribution >= 4 is 23.1 Å². The number of rotatable bonds is 4. The number of aryl methyl sites for hydroxylation is 1. The molecule has 0 aliphatic heterocycles. The van der Waals surface area contributed by atoms with E-state index in [1.807, 2.05) is 35.8 Å². The van der Waals surface area contributed by atoms with E-state index in [-0.39, 0.29) is 5.84 Å². The zero-order valence-corrected chi connectivity index (χ0v) is 12.0. The zero-order valence-electron chi connectivity index (χ0n) is 11.3. The van der Waals surface area contributed by atoms with E-state index >= 15 is 0 Å². The summed E-state index contributed by atoms with van der Waals surface area (Å²) in [5, 5.41) is 12.4. The molecule has 0 aliphatic rings. The number of anilines is 1. The number of halogens is 1. The highest BCUT2D eigenvalue weighted by atomic mass is 35.5. The van der Waals surface area contributed by atoms with Gasteiger partial charge in [0.05, 0.1) is 6.54 Å². The van der Waals surface area contributed by atoms with Gasteiger partial charge < -0.3 is 20.4 Å². The predicted molar refractivity (Wildman–Crippen MR) is 79.3 cm³/mol. The fourth-order valence-electron chi connectivity index (χ4n) is 1.95. The molecule has 0 unspecified atom stereocenters. The lowest BCUT2D eigenvalue weighted by Gasteiger charge is -2.22. The van der Waals surface area contributed by atoms with Gasteiger partial charge >= 0.3 is 0 Å². The number of nitrogens with zero attached hydrogens (tertiary/aromatic N) is 4. The molecule has 0 saturated heterocycles. The third-order valence-electron chi connectivity index (χ3n) is 3.05. The molecule has 106 valence electrons. The van der Waals surface area contributed by atoms with Gasteiger partial charge in [0.25, 0.3) is 0 Å². The summed E-state index contributed by atoms with van der Waals surface area (Å²) >= 11 is 5.96. The number of benzene rings is 1. The lowest BCUT2D eigenvalue weighted by Crippen LogP contribution is -2.23. The van der Waals surface area contributed by atoms with Gasteiger partial charge in [0.2, 0.25) is 0 Å². The summed E-state index contributed by atoms with van der Waals surface area (Å²) in [5.41, 5.74) is 7.09. The van der Waals surface area contributed by atoms with E-state index in [0.717, 1.165) is 11.5 Å². The van der Waals surface area contributed by atoms with Gasteiger partial charge in [-0.05, 0) is 18.2 Å². The van der Waals surface area contributed by atoms with Crippen LogP contribution in [0.25, 0.3) is 0 Å². The monoisotopic (exact) mass is 293 g/mol. The van der Waals surface area contributed by atoms with Gasteiger partial charge in [0.1, 0.15) is 5.82 Å². The van der Waals surface area contributed by atoms with Crippen molar-refractivity contribution in [1.82, 2.24) is 9.55 Å². The molecule has 1 aromatic carbocycles. The third kappa shape index (κ3) is 2.85. The minimum atomic E-state index is 0.0224. The average molecular weight is 294 g/mol. The molecule has 1 aromatic heterocycles. The normalized spacial score (nSPS) is 11.7. The summed E-state index contributed by atoms with van der Waals surface area (Å²) in [6.07, 6.45) is 3.63. The highest BCUT2D eigenvalue weighted by Gasteiger charge is 2.13. The number of amidine groups is 1. The highest BCUT2D eigenvalue weighted by molar-refractivity contribution is 6.31. The molecule has 0 aliphatic carbocycles. The number of hydrogen-bond acceptors (Lipinski definition) is 4. The largest absolute Gasteiger partial charge is 0.409 e. The summed E-state index contributed by atoms with van der Waals surface area (Å²) in [6.45, 7) is 0.594. The smallest absolute Gasteiger partial charge is 0.172 e. The maximum atomic E-state index is 8.87. The van der Waals surface area contributed by atoms with Gasteiger partial charge in [0.15, 0.2) is 5.84 Å². The minimum absolute atomic E-state index is 0.0224. The van der Waals surface area contributed by atoms with E-state index in [1.165, 1.54) is 0 Å². The number of hydrogen-bond donors (Lipinski definition) is 2. The number of aromatic nitrogens is 2. The van der Waals surface area contributed by atoms with Crippen LogP contribution in [0, 0.1) is 0 Å². The number of imidazole rings is 1. The minimum Gasteiger partial charge on any atom is -0.409 e. The second-order valence-corrected chi connectivity index (χ2v) is 4.89. The quantitative estimate of drug-likeness (QED) is 0.390. The van der Waals surface area contributed by atoms with Crippen molar-refractivity contribution in [3.05, 3.63) is 47.0 Å². The number of nitrogens with two attached hydrogens (primary N) is 1. The lowest BCUT2D eigenvalue weighted by atomic mass is 10.1. The molecule has 7 heteroatoms. The van der Waals surface area contributed by atoms with Gasteiger partial charge in [-0.1, -0.05) is 16.8 Å². The second-order valence-electron chi connectivity index (χ2n) is 4.46. The second kappa shape index (κ2) is 5.83. The number of oxime groups is 1. The van der Waals surface area contributed by atoms with Gasteiger partial charge in [-0.25, -0.2) is 4.98 Å². The Bertz CT molecular complexity index is 637. The molecule has 0 saturated carbocycles. The van der Waals surface area contributed by atoms with Gasteiger partial charge in [-0.3, -0.25) is 0 Å². The SMILES string of the molecule is CN(Cc1nccn1C)c1ccc(Cl)cc1C(N)=NO. The van der Waals surface area contributed by atoms with Gasteiger partial charge in [-0.15, -0.1) is 0 Å². The fourth-order valence-corrected chi connectivity index (χ4v) is 2.12. The van der Waals surface area contributed by atoms with Crippen LogP contribution in [0.3, 0.4) is 0 Å². The maximum absolute atomic E-state index is 8.87. The summed E-state index contributed by atoms with van der Waals surface area (Å²) in [6, 6.07) is 5.26. The topological polar surface area (TPSA) is 79.7 Å². The molecule has 0 fully saturated rings. The zero-order chi connectivity index (χ0) is 14.7. The molecule has 0 amide bonds. The van der Waals surface area contributed by atoms with Crippen LogP contribution in [0.15, 0.2) is 35.7 Å². The van der Waals surface area contributed by atoms with E-state index in [2.05, 4.69) is 10.1 Å². The first kappa shape index (κ1) is 14.2. The molecule has 20 heavy (non-hydrogen) atoms. The summed E-state index contributed by atoms with van der Waals surface area (Å²) in [4.78, 5) is 6.24. The van der Waals surface area contributed by atoms with Crippen molar-refractivity contribution in [2.45, 2.75) is 6.54 Å². The molecule has 0 bridgehead atoms. The molecule has 6 nitrogen and oxygen atoms in total. The molecule has 2 rings (SSSR count). The summed E-state index contributed by atoms with van der Waals surface area (Å²) in [7, 11) is 3.84. The predicted octanol–water partition coefficient (Wildman–Crippen LogP) is 1.80. The Morgan fingerprint density at radius 3 is 2.90 bits per heavy atom. The van der Waals surface area contributed by atoms with Crippen molar-refractivity contribution in [3.8, 4) is 0 Å². The molecule has 3 N–H and O–H groups in total. The van der Waals surface area contributed by atoms with E-state index in [0.29, 0.717) is 17.1 Å². The highest BCUT2D eigenvalue weighted by Crippen LogP contribution is 2.24. The van der Waals surface area contributed by atoms with Crippen LogP contribution in [0.5, 0.6) is 0 Å².